The molecule has 7 heteroatoms. The lowest BCUT2D eigenvalue weighted by Gasteiger charge is -2.22. The summed E-state index contributed by atoms with van der Waals surface area (Å²) in [5.74, 6) is 0. The number of benzene rings is 1. The molecule has 1 rings (SSSR count). The molecule has 1 aromatic rings. The second-order valence-corrected chi connectivity index (χ2v) is 2.62. The molecule has 0 saturated carbocycles. The molecule has 4 nitrogen and oxygen atoms in total. The van der Waals surface area contributed by atoms with Gasteiger partial charge < -0.3 is 5.73 Å². The Morgan fingerprint density at radius 2 is 1.80 bits per heavy atom. The number of nitrogens with zero attached hydrogens (tertiary/aromatic N) is 1. The van der Waals surface area contributed by atoms with Gasteiger partial charge in [-0.1, -0.05) is 18.2 Å². The maximum atomic E-state index is 12.0. The third-order valence-corrected chi connectivity index (χ3v) is 1.47. The summed E-state index contributed by atoms with van der Waals surface area (Å²) < 4.78 is 36.0. The van der Waals surface area contributed by atoms with Crippen LogP contribution in [-0.4, -0.2) is 12.3 Å². The van der Waals surface area contributed by atoms with Gasteiger partial charge in [0.05, 0.1) is 5.69 Å². The summed E-state index contributed by atoms with van der Waals surface area (Å²) in [5, 5.41) is 0.222. The van der Waals surface area contributed by atoms with Crippen LogP contribution in [0.3, 0.4) is 0 Å². The Morgan fingerprint density at radius 1 is 1.27 bits per heavy atom. The first-order valence-corrected chi connectivity index (χ1v) is 3.89. The predicted molar refractivity (Wildman–Crippen MR) is 47.7 cm³/mol. The SMILES string of the molecule is NC(=O)N(NC(F)(F)F)c1ccccc1. The van der Waals surface area contributed by atoms with E-state index in [4.69, 9.17) is 5.73 Å². The van der Waals surface area contributed by atoms with Crippen molar-refractivity contribution >= 4 is 11.7 Å². The van der Waals surface area contributed by atoms with Gasteiger partial charge in [-0.2, -0.15) is 13.2 Å². The molecular formula is C8H8F3N3O. The highest BCUT2D eigenvalue weighted by Gasteiger charge is 2.32. The molecule has 15 heavy (non-hydrogen) atoms. The van der Waals surface area contributed by atoms with Crippen molar-refractivity contribution in [2.45, 2.75) is 6.30 Å². The molecule has 0 aliphatic heterocycles. The molecule has 3 N–H and O–H groups in total. The third kappa shape index (κ3) is 3.47. The highest BCUT2D eigenvalue weighted by atomic mass is 19.4. The van der Waals surface area contributed by atoms with Gasteiger partial charge in [0.2, 0.25) is 0 Å². The van der Waals surface area contributed by atoms with E-state index < -0.39 is 12.3 Å². The average Bonchev–Trinajstić information content (AvgIpc) is 2.14. The van der Waals surface area contributed by atoms with Gasteiger partial charge in [-0.15, -0.1) is 5.43 Å². The molecule has 0 aromatic heterocycles. The Balaban J connectivity index is 2.90. The summed E-state index contributed by atoms with van der Waals surface area (Å²) in [6, 6.07) is 5.99. The van der Waals surface area contributed by atoms with Crippen molar-refractivity contribution in [1.29, 1.82) is 0 Å². The van der Waals surface area contributed by atoms with E-state index in [2.05, 4.69) is 0 Å². The number of halogens is 3. The van der Waals surface area contributed by atoms with E-state index in [1.807, 2.05) is 0 Å². The fraction of sp³-hybridized carbons (Fsp3) is 0.125. The van der Waals surface area contributed by atoms with Crippen LogP contribution >= 0.6 is 0 Å². The van der Waals surface area contributed by atoms with Crippen molar-refractivity contribution in [3.8, 4) is 0 Å². The standard InChI is InChI=1S/C8H8F3N3O/c9-8(10,11)13-14(7(12)15)6-4-2-1-3-5-6/h1-5,13H,(H2,12,15). The van der Waals surface area contributed by atoms with E-state index in [9.17, 15) is 18.0 Å². The Kier molecular flexibility index (Phi) is 3.15. The summed E-state index contributed by atoms with van der Waals surface area (Å²) in [5.41, 5.74) is 5.85. The summed E-state index contributed by atoms with van der Waals surface area (Å²) in [4.78, 5) is 10.8. The van der Waals surface area contributed by atoms with Gasteiger partial charge >= 0.3 is 12.3 Å². The number of carbonyl (C=O) groups excluding carboxylic acids is 1. The quantitative estimate of drug-likeness (QED) is 0.586. The van der Waals surface area contributed by atoms with Gasteiger partial charge in [0, 0.05) is 0 Å². The number of anilines is 1. The zero-order valence-corrected chi connectivity index (χ0v) is 7.45. The number of para-hydroxylation sites is 1. The van der Waals surface area contributed by atoms with Crippen LogP contribution in [0.25, 0.3) is 0 Å². The average molecular weight is 219 g/mol. The van der Waals surface area contributed by atoms with E-state index in [0.717, 1.165) is 5.43 Å². The number of amides is 2. The number of hydrazine groups is 1. The number of hydrogen-bond donors (Lipinski definition) is 2. The van der Waals surface area contributed by atoms with Gasteiger partial charge in [0.1, 0.15) is 0 Å². The first-order valence-electron chi connectivity index (χ1n) is 3.89. The number of rotatable bonds is 2. The topological polar surface area (TPSA) is 58.4 Å². The van der Waals surface area contributed by atoms with Crippen molar-refractivity contribution in [2.24, 2.45) is 5.73 Å². The monoisotopic (exact) mass is 219 g/mol. The maximum Gasteiger partial charge on any atom is 0.475 e. The van der Waals surface area contributed by atoms with Crippen LogP contribution < -0.4 is 16.2 Å². The van der Waals surface area contributed by atoms with Gasteiger partial charge in [-0.25, -0.2) is 9.80 Å². The molecule has 0 fully saturated rings. The minimum Gasteiger partial charge on any atom is -0.350 e. The third-order valence-electron chi connectivity index (χ3n) is 1.47. The second-order valence-electron chi connectivity index (χ2n) is 2.62. The van der Waals surface area contributed by atoms with E-state index in [0.29, 0.717) is 0 Å². The van der Waals surface area contributed by atoms with Crippen LogP contribution in [0.15, 0.2) is 30.3 Å². The van der Waals surface area contributed by atoms with Crippen LogP contribution in [0.1, 0.15) is 0 Å². The zero-order chi connectivity index (χ0) is 11.5. The minimum atomic E-state index is -4.72. The Morgan fingerprint density at radius 3 is 2.20 bits per heavy atom. The van der Waals surface area contributed by atoms with Crippen LogP contribution in [0, 0.1) is 0 Å². The molecule has 2 amide bonds. The molecule has 0 aliphatic rings. The van der Waals surface area contributed by atoms with E-state index in [-0.39, 0.29) is 10.7 Å². The first kappa shape index (κ1) is 11.3. The Bertz CT molecular complexity index is 339. The predicted octanol–water partition coefficient (Wildman–Crippen LogP) is 1.60. The summed E-state index contributed by atoms with van der Waals surface area (Å²) in [6.07, 6.45) is -4.72. The molecule has 0 heterocycles. The molecule has 0 spiro atoms. The zero-order valence-electron chi connectivity index (χ0n) is 7.45. The highest BCUT2D eigenvalue weighted by molar-refractivity contribution is 5.89. The molecule has 0 saturated heterocycles. The Labute approximate surface area is 83.4 Å². The highest BCUT2D eigenvalue weighted by Crippen LogP contribution is 2.16. The van der Waals surface area contributed by atoms with Gasteiger partial charge in [-0.05, 0) is 12.1 Å². The molecule has 1 aromatic carbocycles. The van der Waals surface area contributed by atoms with Crippen molar-refractivity contribution < 1.29 is 18.0 Å². The lowest BCUT2D eigenvalue weighted by molar-refractivity contribution is -0.156. The summed E-state index contributed by atoms with van der Waals surface area (Å²) >= 11 is 0. The van der Waals surface area contributed by atoms with Crippen LogP contribution in [0.4, 0.5) is 23.7 Å². The summed E-state index contributed by atoms with van der Waals surface area (Å²) in [6.45, 7) is 0. The molecular weight excluding hydrogens is 211 g/mol. The molecule has 0 unspecified atom stereocenters. The van der Waals surface area contributed by atoms with Crippen molar-refractivity contribution in [3.05, 3.63) is 30.3 Å². The number of alkyl halides is 3. The number of nitrogens with one attached hydrogen (secondary N) is 1. The maximum absolute atomic E-state index is 12.0. The van der Waals surface area contributed by atoms with Crippen molar-refractivity contribution in [3.63, 3.8) is 0 Å². The van der Waals surface area contributed by atoms with Crippen LogP contribution in [0.2, 0.25) is 0 Å². The fourth-order valence-corrected chi connectivity index (χ4v) is 0.951. The van der Waals surface area contributed by atoms with Gasteiger partial charge in [-0.3, -0.25) is 0 Å². The number of urea groups is 1. The molecule has 0 bridgehead atoms. The number of carbonyl (C=O) groups is 1. The van der Waals surface area contributed by atoms with E-state index in [1.54, 1.807) is 6.07 Å². The lowest BCUT2D eigenvalue weighted by Crippen LogP contribution is -2.52. The van der Waals surface area contributed by atoms with E-state index in [1.165, 1.54) is 24.3 Å². The smallest absolute Gasteiger partial charge is 0.350 e. The first-order chi connectivity index (χ1) is 6.90. The van der Waals surface area contributed by atoms with Gasteiger partial charge in [0.15, 0.2) is 0 Å². The van der Waals surface area contributed by atoms with Crippen LogP contribution in [0.5, 0.6) is 0 Å². The largest absolute Gasteiger partial charge is 0.475 e. The van der Waals surface area contributed by atoms with Gasteiger partial charge in [0.25, 0.3) is 0 Å². The fourth-order valence-electron chi connectivity index (χ4n) is 0.951. The second kappa shape index (κ2) is 4.18. The molecule has 82 valence electrons. The molecule has 0 aliphatic carbocycles. The Hall–Kier alpha value is -1.76. The number of primary amides is 1. The molecule has 0 atom stereocenters. The number of hydrogen-bond acceptors (Lipinski definition) is 2. The van der Waals surface area contributed by atoms with Crippen LogP contribution in [-0.2, 0) is 0 Å². The number of nitrogens with two attached hydrogens (primary N) is 1. The molecule has 0 radical (unpaired) electrons. The normalized spacial score (nSPS) is 11.1. The lowest BCUT2D eigenvalue weighted by atomic mass is 10.3. The minimum absolute atomic E-state index is 0.0160. The summed E-state index contributed by atoms with van der Waals surface area (Å²) in [7, 11) is 0. The van der Waals surface area contributed by atoms with Crippen molar-refractivity contribution in [2.75, 3.05) is 5.01 Å². The van der Waals surface area contributed by atoms with E-state index >= 15 is 0 Å². The van der Waals surface area contributed by atoms with Crippen molar-refractivity contribution in [1.82, 2.24) is 5.43 Å².